The quantitative estimate of drug-likeness (QED) is 0.896. The van der Waals surface area contributed by atoms with Gasteiger partial charge in [0.1, 0.15) is 5.75 Å². The first-order chi connectivity index (χ1) is 9.00. The van der Waals surface area contributed by atoms with Crippen LogP contribution in [0.3, 0.4) is 0 Å². The monoisotopic (exact) mass is 349 g/mol. The molecule has 0 amide bonds. The zero-order valence-electron chi connectivity index (χ0n) is 10.5. The number of aliphatic hydroxyl groups is 1. The van der Waals surface area contributed by atoms with Crippen LogP contribution in [0.15, 0.2) is 27.6 Å². The Kier molecular flexibility index (Phi) is 4.50. The number of methoxy groups -OCH3 is 1. The van der Waals surface area contributed by atoms with Crippen molar-refractivity contribution < 1.29 is 18.3 Å². The van der Waals surface area contributed by atoms with Gasteiger partial charge in [-0.05, 0) is 47.0 Å². The van der Waals surface area contributed by atoms with Crippen LogP contribution in [0.25, 0.3) is 0 Å². The lowest BCUT2D eigenvalue weighted by atomic mass is 10.2. The molecule has 1 fully saturated rings. The predicted molar refractivity (Wildman–Crippen MR) is 74.7 cm³/mol. The van der Waals surface area contributed by atoms with E-state index in [-0.39, 0.29) is 17.5 Å². The van der Waals surface area contributed by atoms with Crippen LogP contribution in [0.2, 0.25) is 0 Å². The van der Waals surface area contributed by atoms with Gasteiger partial charge in [-0.25, -0.2) is 8.42 Å². The van der Waals surface area contributed by atoms with E-state index < -0.39 is 10.0 Å². The maximum absolute atomic E-state index is 12.5. The van der Waals surface area contributed by atoms with E-state index in [2.05, 4.69) is 15.9 Å². The van der Waals surface area contributed by atoms with Crippen molar-refractivity contribution >= 4 is 26.0 Å². The van der Waals surface area contributed by atoms with E-state index in [9.17, 15) is 13.5 Å². The Morgan fingerprint density at radius 3 is 2.84 bits per heavy atom. The molecule has 0 spiro atoms. The van der Waals surface area contributed by atoms with Crippen molar-refractivity contribution in [2.45, 2.75) is 23.8 Å². The van der Waals surface area contributed by atoms with Gasteiger partial charge in [0.25, 0.3) is 0 Å². The molecule has 0 unspecified atom stereocenters. The lowest BCUT2D eigenvalue weighted by Crippen LogP contribution is -2.37. The minimum atomic E-state index is -3.56. The summed E-state index contributed by atoms with van der Waals surface area (Å²) >= 11 is 3.28. The van der Waals surface area contributed by atoms with E-state index in [1.807, 2.05) is 0 Å². The van der Waals surface area contributed by atoms with Gasteiger partial charge < -0.3 is 9.84 Å². The maximum atomic E-state index is 12.5. The zero-order valence-corrected chi connectivity index (χ0v) is 12.9. The zero-order chi connectivity index (χ0) is 14.0. The molecule has 0 aliphatic carbocycles. The fourth-order valence-corrected chi connectivity index (χ4v) is 4.65. The molecule has 0 saturated carbocycles. The molecule has 0 bridgehead atoms. The summed E-state index contributed by atoms with van der Waals surface area (Å²) in [5, 5.41) is 9.25. The van der Waals surface area contributed by atoms with E-state index >= 15 is 0 Å². The van der Waals surface area contributed by atoms with E-state index in [1.165, 1.54) is 23.5 Å². The predicted octanol–water partition coefficient (Wildman–Crippen LogP) is 1.60. The molecule has 1 aromatic carbocycles. The molecule has 1 aromatic rings. The molecule has 106 valence electrons. The van der Waals surface area contributed by atoms with Crippen molar-refractivity contribution in [3.05, 3.63) is 22.7 Å². The molecular formula is C12H16BrNO4S. The second-order valence-corrected chi connectivity index (χ2v) is 7.14. The van der Waals surface area contributed by atoms with E-state index in [4.69, 9.17) is 4.74 Å². The fourth-order valence-electron chi connectivity index (χ4n) is 2.25. The van der Waals surface area contributed by atoms with Gasteiger partial charge >= 0.3 is 0 Å². The smallest absolute Gasteiger partial charge is 0.243 e. The number of rotatable bonds is 4. The Bertz CT molecular complexity index is 561. The van der Waals surface area contributed by atoms with Crippen molar-refractivity contribution in [1.82, 2.24) is 4.31 Å². The summed E-state index contributed by atoms with van der Waals surface area (Å²) in [4.78, 5) is 0.209. The standard InChI is InChI=1S/C12H16BrNO4S/c1-18-12-5-4-10(7-11(12)13)19(16,17)14-6-2-3-9(14)8-15/h4-5,7,9,15H,2-3,6,8H2,1H3/t9-/m0/s1. The third-order valence-corrected chi connectivity index (χ3v) is 5.83. The first kappa shape index (κ1) is 14.8. The van der Waals surface area contributed by atoms with Crippen molar-refractivity contribution in [3.63, 3.8) is 0 Å². The van der Waals surface area contributed by atoms with Gasteiger partial charge in [0.2, 0.25) is 10.0 Å². The maximum Gasteiger partial charge on any atom is 0.243 e. The average Bonchev–Trinajstić information content (AvgIpc) is 2.87. The lowest BCUT2D eigenvalue weighted by molar-refractivity contribution is 0.213. The van der Waals surface area contributed by atoms with Crippen LogP contribution in [0.5, 0.6) is 5.75 Å². The topological polar surface area (TPSA) is 66.8 Å². The van der Waals surface area contributed by atoms with Crippen molar-refractivity contribution in [3.8, 4) is 5.75 Å². The summed E-state index contributed by atoms with van der Waals surface area (Å²) in [7, 11) is -2.04. The van der Waals surface area contributed by atoms with Gasteiger partial charge in [-0.2, -0.15) is 4.31 Å². The molecule has 19 heavy (non-hydrogen) atoms. The van der Waals surface area contributed by atoms with Crippen LogP contribution in [0, 0.1) is 0 Å². The van der Waals surface area contributed by atoms with Crippen molar-refractivity contribution in [1.29, 1.82) is 0 Å². The molecule has 2 rings (SSSR count). The van der Waals surface area contributed by atoms with Gasteiger partial charge in [0.15, 0.2) is 0 Å². The minimum Gasteiger partial charge on any atom is -0.496 e. The first-order valence-electron chi connectivity index (χ1n) is 5.97. The Morgan fingerprint density at radius 2 is 2.26 bits per heavy atom. The largest absolute Gasteiger partial charge is 0.496 e. The Morgan fingerprint density at radius 1 is 1.53 bits per heavy atom. The molecule has 1 N–H and O–H groups in total. The third kappa shape index (κ3) is 2.79. The number of hydrogen-bond donors (Lipinski definition) is 1. The number of hydrogen-bond acceptors (Lipinski definition) is 4. The molecular weight excluding hydrogens is 334 g/mol. The highest BCUT2D eigenvalue weighted by Gasteiger charge is 2.34. The highest BCUT2D eigenvalue weighted by atomic mass is 79.9. The molecule has 1 aliphatic heterocycles. The summed E-state index contributed by atoms with van der Waals surface area (Å²) in [5.41, 5.74) is 0. The summed E-state index contributed by atoms with van der Waals surface area (Å²) in [6.07, 6.45) is 1.48. The summed E-state index contributed by atoms with van der Waals surface area (Å²) in [5.74, 6) is 0.582. The van der Waals surface area contributed by atoms with Crippen LogP contribution < -0.4 is 4.74 Å². The number of halogens is 1. The first-order valence-corrected chi connectivity index (χ1v) is 8.20. The van der Waals surface area contributed by atoms with Crippen LogP contribution in [0.4, 0.5) is 0 Å². The van der Waals surface area contributed by atoms with Crippen LogP contribution in [-0.2, 0) is 10.0 Å². The molecule has 1 saturated heterocycles. The van der Waals surface area contributed by atoms with Gasteiger partial charge in [0.05, 0.1) is 23.1 Å². The van der Waals surface area contributed by atoms with Crippen molar-refractivity contribution in [2.75, 3.05) is 20.3 Å². The second kappa shape index (κ2) is 5.78. The Balaban J connectivity index is 2.37. The normalized spacial score (nSPS) is 20.7. The second-order valence-electron chi connectivity index (χ2n) is 4.39. The van der Waals surface area contributed by atoms with Gasteiger partial charge in [0, 0.05) is 12.6 Å². The Labute approximate surface area is 121 Å². The summed E-state index contributed by atoms with van der Waals surface area (Å²) < 4.78 is 32.1. The summed E-state index contributed by atoms with van der Waals surface area (Å²) in [6, 6.07) is 4.35. The molecule has 1 aliphatic rings. The summed E-state index contributed by atoms with van der Waals surface area (Å²) in [6.45, 7) is 0.313. The van der Waals surface area contributed by atoms with E-state index in [1.54, 1.807) is 6.07 Å². The third-order valence-electron chi connectivity index (χ3n) is 3.26. The van der Waals surface area contributed by atoms with Gasteiger partial charge in [-0.15, -0.1) is 0 Å². The van der Waals surface area contributed by atoms with Crippen LogP contribution in [-0.4, -0.2) is 44.1 Å². The SMILES string of the molecule is COc1ccc(S(=O)(=O)N2CCC[C@H]2CO)cc1Br. The molecule has 1 heterocycles. The highest BCUT2D eigenvalue weighted by molar-refractivity contribution is 9.10. The average molecular weight is 350 g/mol. The number of sulfonamides is 1. The van der Waals surface area contributed by atoms with Crippen LogP contribution in [0.1, 0.15) is 12.8 Å². The Hall–Kier alpha value is -0.630. The molecule has 7 heteroatoms. The van der Waals surface area contributed by atoms with E-state index in [0.29, 0.717) is 23.2 Å². The lowest BCUT2D eigenvalue weighted by Gasteiger charge is -2.22. The van der Waals surface area contributed by atoms with Gasteiger partial charge in [-0.3, -0.25) is 0 Å². The number of ether oxygens (including phenoxy) is 1. The number of aliphatic hydroxyl groups excluding tert-OH is 1. The highest BCUT2D eigenvalue weighted by Crippen LogP contribution is 2.31. The molecule has 1 atom stereocenters. The molecule has 0 aromatic heterocycles. The molecule has 5 nitrogen and oxygen atoms in total. The number of nitrogens with zero attached hydrogens (tertiary/aromatic N) is 1. The van der Waals surface area contributed by atoms with Crippen molar-refractivity contribution in [2.24, 2.45) is 0 Å². The number of benzene rings is 1. The molecule has 0 radical (unpaired) electrons. The van der Waals surface area contributed by atoms with Crippen LogP contribution >= 0.6 is 15.9 Å². The fraction of sp³-hybridized carbons (Fsp3) is 0.500. The van der Waals surface area contributed by atoms with E-state index in [0.717, 1.165) is 6.42 Å². The van der Waals surface area contributed by atoms with Gasteiger partial charge in [-0.1, -0.05) is 0 Å². The minimum absolute atomic E-state index is 0.142.